The fourth-order valence-corrected chi connectivity index (χ4v) is 1.17. The van der Waals surface area contributed by atoms with Crippen molar-refractivity contribution in [1.82, 2.24) is 4.98 Å². The normalized spacial score (nSPS) is 12.4. The second kappa shape index (κ2) is 4.72. The summed E-state index contributed by atoms with van der Waals surface area (Å²) in [6, 6.07) is 2.99. The maximum absolute atomic E-state index is 10.5. The molecule has 0 aliphatic carbocycles. The topological polar surface area (TPSA) is 70.4 Å². The van der Waals surface area contributed by atoms with E-state index in [0.29, 0.717) is 12.0 Å². The third-order valence-electron chi connectivity index (χ3n) is 1.95. The molecule has 0 saturated heterocycles. The van der Waals surface area contributed by atoms with Crippen LogP contribution in [0.3, 0.4) is 0 Å². The van der Waals surface area contributed by atoms with E-state index in [2.05, 4.69) is 4.98 Å². The molecule has 0 amide bonds. The average molecular weight is 195 g/mol. The standard InChI is InChI=1S/C10H13NO3/c1-2-3-9(12)7-4-5-8(10(13)14)11-6-7/h4-6,9,12H,2-3H2,1H3,(H,13,14). The Labute approximate surface area is 82.2 Å². The molecule has 0 aromatic carbocycles. The number of aromatic carboxylic acids is 1. The summed E-state index contributed by atoms with van der Waals surface area (Å²) in [7, 11) is 0. The molecule has 2 N–H and O–H groups in total. The van der Waals surface area contributed by atoms with E-state index in [1.165, 1.54) is 12.3 Å². The highest BCUT2D eigenvalue weighted by Crippen LogP contribution is 2.16. The fraction of sp³-hybridized carbons (Fsp3) is 0.400. The lowest BCUT2D eigenvalue weighted by Gasteiger charge is -2.08. The molecule has 4 nitrogen and oxygen atoms in total. The van der Waals surface area contributed by atoms with Gasteiger partial charge in [-0.3, -0.25) is 0 Å². The first-order chi connectivity index (χ1) is 6.65. The summed E-state index contributed by atoms with van der Waals surface area (Å²) in [5.74, 6) is -1.05. The Bertz CT molecular complexity index is 308. The third kappa shape index (κ3) is 2.53. The van der Waals surface area contributed by atoms with Crippen LogP contribution in [0.5, 0.6) is 0 Å². The summed E-state index contributed by atoms with van der Waals surface area (Å²) in [5, 5.41) is 18.2. The average Bonchev–Trinajstić information content (AvgIpc) is 2.18. The number of carboxylic acids is 1. The molecule has 0 aliphatic rings. The maximum atomic E-state index is 10.5. The Kier molecular flexibility index (Phi) is 3.59. The van der Waals surface area contributed by atoms with E-state index in [-0.39, 0.29) is 5.69 Å². The molecule has 14 heavy (non-hydrogen) atoms. The molecular formula is C10H13NO3. The number of hydrogen-bond donors (Lipinski definition) is 2. The summed E-state index contributed by atoms with van der Waals surface area (Å²) in [6.07, 6.45) is 2.40. The van der Waals surface area contributed by atoms with Gasteiger partial charge in [0.25, 0.3) is 0 Å². The van der Waals surface area contributed by atoms with Crippen LogP contribution in [0.2, 0.25) is 0 Å². The lowest BCUT2D eigenvalue weighted by atomic mass is 10.1. The van der Waals surface area contributed by atoms with Crippen molar-refractivity contribution >= 4 is 5.97 Å². The zero-order valence-corrected chi connectivity index (χ0v) is 7.97. The van der Waals surface area contributed by atoms with E-state index in [1.807, 2.05) is 6.92 Å². The molecule has 1 rings (SSSR count). The number of nitrogens with zero attached hydrogens (tertiary/aromatic N) is 1. The number of carboxylic acid groups (broad SMARTS) is 1. The lowest BCUT2D eigenvalue weighted by molar-refractivity contribution is 0.0690. The third-order valence-corrected chi connectivity index (χ3v) is 1.95. The van der Waals surface area contributed by atoms with Crippen molar-refractivity contribution in [1.29, 1.82) is 0 Å². The van der Waals surface area contributed by atoms with Crippen LogP contribution in [-0.4, -0.2) is 21.2 Å². The summed E-state index contributed by atoms with van der Waals surface area (Å²) in [5.41, 5.74) is 0.661. The molecule has 1 aromatic heterocycles. The monoisotopic (exact) mass is 195 g/mol. The van der Waals surface area contributed by atoms with E-state index in [0.717, 1.165) is 6.42 Å². The van der Waals surface area contributed by atoms with Gasteiger partial charge in [-0.2, -0.15) is 0 Å². The van der Waals surface area contributed by atoms with Crippen LogP contribution in [-0.2, 0) is 0 Å². The van der Waals surface area contributed by atoms with Crippen LogP contribution >= 0.6 is 0 Å². The van der Waals surface area contributed by atoms with Gasteiger partial charge in [0.2, 0.25) is 0 Å². The SMILES string of the molecule is CCCC(O)c1ccc(C(=O)O)nc1. The first-order valence-corrected chi connectivity index (χ1v) is 4.52. The van der Waals surface area contributed by atoms with Crippen LogP contribution in [0.25, 0.3) is 0 Å². The van der Waals surface area contributed by atoms with Crippen molar-refractivity contribution < 1.29 is 15.0 Å². The van der Waals surface area contributed by atoms with Crippen molar-refractivity contribution in [3.8, 4) is 0 Å². The van der Waals surface area contributed by atoms with Gasteiger partial charge in [-0.15, -0.1) is 0 Å². The Hall–Kier alpha value is -1.42. The number of aromatic nitrogens is 1. The molecule has 0 fully saturated rings. The van der Waals surface area contributed by atoms with E-state index in [9.17, 15) is 9.90 Å². The number of pyridine rings is 1. The Morgan fingerprint density at radius 3 is 2.71 bits per heavy atom. The van der Waals surface area contributed by atoms with Crippen LogP contribution in [0.15, 0.2) is 18.3 Å². The highest BCUT2D eigenvalue weighted by atomic mass is 16.4. The molecule has 1 atom stereocenters. The van der Waals surface area contributed by atoms with E-state index < -0.39 is 12.1 Å². The zero-order chi connectivity index (χ0) is 10.6. The Morgan fingerprint density at radius 2 is 2.29 bits per heavy atom. The number of aliphatic hydroxyl groups is 1. The second-order valence-electron chi connectivity index (χ2n) is 3.09. The number of rotatable bonds is 4. The predicted molar refractivity (Wildman–Crippen MR) is 51.1 cm³/mol. The molecule has 1 unspecified atom stereocenters. The van der Waals surface area contributed by atoms with Crippen LogP contribution < -0.4 is 0 Å². The van der Waals surface area contributed by atoms with Crippen molar-refractivity contribution in [2.45, 2.75) is 25.9 Å². The molecular weight excluding hydrogens is 182 g/mol. The number of aliphatic hydroxyl groups excluding tert-OH is 1. The fourth-order valence-electron chi connectivity index (χ4n) is 1.17. The minimum atomic E-state index is -1.05. The Balaban J connectivity index is 2.77. The van der Waals surface area contributed by atoms with Crippen molar-refractivity contribution in [2.75, 3.05) is 0 Å². The molecule has 76 valence electrons. The minimum Gasteiger partial charge on any atom is -0.477 e. The van der Waals surface area contributed by atoms with Crippen LogP contribution in [0.1, 0.15) is 41.9 Å². The van der Waals surface area contributed by atoms with Gasteiger partial charge in [0.15, 0.2) is 0 Å². The van der Waals surface area contributed by atoms with Gasteiger partial charge in [0.05, 0.1) is 6.10 Å². The highest BCUT2D eigenvalue weighted by molar-refractivity contribution is 5.85. The number of carbonyl (C=O) groups is 1. The quantitative estimate of drug-likeness (QED) is 0.765. The summed E-state index contributed by atoms with van der Waals surface area (Å²) in [4.78, 5) is 14.2. The molecule has 0 bridgehead atoms. The van der Waals surface area contributed by atoms with Gasteiger partial charge < -0.3 is 10.2 Å². The first-order valence-electron chi connectivity index (χ1n) is 4.52. The van der Waals surface area contributed by atoms with Crippen molar-refractivity contribution in [2.24, 2.45) is 0 Å². The maximum Gasteiger partial charge on any atom is 0.354 e. The molecule has 1 aromatic rings. The second-order valence-corrected chi connectivity index (χ2v) is 3.09. The Morgan fingerprint density at radius 1 is 1.57 bits per heavy atom. The summed E-state index contributed by atoms with van der Waals surface area (Å²) in [6.45, 7) is 1.97. The predicted octanol–water partition coefficient (Wildman–Crippen LogP) is 1.61. The molecule has 4 heteroatoms. The van der Waals surface area contributed by atoms with Gasteiger partial charge in [-0.25, -0.2) is 9.78 Å². The van der Waals surface area contributed by atoms with E-state index in [4.69, 9.17) is 5.11 Å². The van der Waals surface area contributed by atoms with Gasteiger partial charge >= 0.3 is 5.97 Å². The summed E-state index contributed by atoms with van der Waals surface area (Å²) < 4.78 is 0. The zero-order valence-electron chi connectivity index (χ0n) is 7.97. The van der Waals surface area contributed by atoms with Gasteiger partial charge in [0, 0.05) is 6.20 Å². The van der Waals surface area contributed by atoms with Crippen LogP contribution in [0.4, 0.5) is 0 Å². The van der Waals surface area contributed by atoms with Gasteiger partial charge in [-0.05, 0) is 18.1 Å². The molecule has 1 heterocycles. The number of hydrogen-bond acceptors (Lipinski definition) is 3. The smallest absolute Gasteiger partial charge is 0.354 e. The lowest BCUT2D eigenvalue weighted by Crippen LogP contribution is -2.02. The molecule has 0 radical (unpaired) electrons. The largest absolute Gasteiger partial charge is 0.477 e. The molecule has 0 saturated carbocycles. The van der Waals surface area contributed by atoms with Gasteiger partial charge in [-0.1, -0.05) is 19.4 Å². The molecule has 0 spiro atoms. The first kappa shape index (κ1) is 10.7. The van der Waals surface area contributed by atoms with E-state index >= 15 is 0 Å². The highest BCUT2D eigenvalue weighted by Gasteiger charge is 2.08. The molecule has 0 aliphatic heterocycles. The van der Waals surface area contributed by atoms with E-state index in [1.54, 1.807) is 6.07 Å². The van der Waals surface area contributed by atoms with Crippen molar-refractivity contribution in [3.05, 3.63) is 29.6 Å². The van der Waals surface area contributed by atoms with Gasteiger partial charge in [0.1, 0.15) is 5.69 Å². The summed E-state index contributed by atoms with van der Waals surface area (Å²) >= 11 is 0. The minimum absolute atomic E-state index is 0.00236. The van der Waals surface area contributed by atoms with Crippen LogP contribution in [0, 0.1) is 0 Å². The van der Waals surface area contributed by atoms with Crippen molar-refractivity contribution in [3.63, 3.8) is 0 Å².